The Balaban J connectivity index is 2.98. The number of hydrogen-bond acceptors (Lipinski definition) is 2. The Morgan fingerprint density at radius 2 is 1.79 bits per heavy atom. The van der Waals surface area contributed by atoms with Crippen LogP contribution in [0.25, 0.3) is 0 Å². The molecule has 0 radical (unpaired) electrons. The minimum Gasteiger partial charge on any atom is -0.516 e. The van der Waals surface area contributed by atoms with E-state index < -0.39 is 7.92 Å². The molecule has 0 aromatic heterocycles. The lowest BCUT2D eigenvalue weighted by molar-refractivity contribution is 0.474. The summed E-state index contributed by atoms with van der Waals surface area (Å²) in [7, 11) is -0.818. The zero-order chi connectivity index (χ0) is 10.4. The van der Waals surface area contributed by atoms with Crippen LogP contribution in [0.4, 0.5) is 0 Å². The van der Waals surface area contributed by atoms with Gasteiger partial charge in [0.1, 0.15) is 0 Å². The minimum absolute atomic E-state index is 0.646. The SMILES string of the molecule is O/C=C/P(/C=C/O)c1cccc(Cl)c1. The monoisotopic (exact) mass is 228 g/mol. The van der Waals surface area contributed by atoms with Crippen molar-refractivity contribution in [2.75, 3.05) is 0 Å². The summed E-state index contributed by atoms with van der Waals surface area (Å²) in [6.45, 7) is 0. The third-order valence-electron chi connectivity index (χ3n) is 1.56. The van der Waals surface area contributed by atoms with Crippen LogP contribution in [0.3, 0.4) is 0 Å². The maximum atomic E-state index is 8.68. The molecule has 1 rings (SSSR count). The van der Waals surface area contributed by atoms with Gasteiger partial charge in [-0.25, -0.2) is 0 Å². The number of halogens is 1. The summed E-state index contributed by atoms with van der Waals surface area (Å²) in [5.41, 5.74) is 0. The predicted molar refractivity (Wildman–Crippen MR) is 61.5 cm³/mol. The molecular weight excluding hydrogens is 219 g/mol. The Labute approximate surface area is 88.9 Å². The first-order chi connectivity index (χ1) is 6.77. The Kier molecular flexibility index (Phi) is 4.51. The van der Waals surface area contributed by atoms with Crippen LogP contribution in [0, 0.1) is 0 Å². The van der Waals surface area contributed by atoms with Crippen molar-refractivity contribution in [1.29, 1.82) is 0 Å². The molecular formula is C10H10ClO2P. The highest BCUT2D eigenvalue weighted by molar-refractivity contribution is 7.71. The first kappa shape index (κ1) is 11.1. The van der Waals surface area contributed by atoms with E-state index in [1.165, 1.54) is 0 Å². The van der Waals surface area contributed by atoms with Crippen LogP contribution in [-0.4, -0.2) is 10.2 Å². The molecule has 1 aromatic rings. The van der Waals surface area contributed by atoms with Crippen molar-refractivity contribution in [2.45, 2.75) is 0 Å². The van der Waals surface area contributed by atoms with E-state index in [4.69, 9.17) is 21.8 Å². The summed E-state index contributed by atoms with van der Waals surface area (Å²) >= 11 is 5.83. The van der Waals surface area contributed by atoms with Gasteiger partial charge in [0.05, 0.1) is 12.5 Å². The molecule has 0 aliphatic rings. The van der Waals surface area contributed by atoms with Gasteiger partial charge in [-0.3, -0.25) is 0 Å². The molecule has 0 aliphatic heterocycles. The molecule has 0 saturated carbocycles. The fraction of sp³-hybridized carbons (Fsp3) is 0. The molecule has 0 aliphatic carbocycles. The van der Waals surface area contributed by atoms with Gasteiger partial charge in [-0.1, -0.05) is 23.7 Å². The normalized spacial score (nSPS) is 11.9. The van der Waals surface area contributed by atoms with Crippen molar-refractivity contribution in [3.63, 3.8) is 0 Å². The van der Waals surface area contributed by atoms with Crippen LogP contribution >= 0.6 is 19.5 Å². The average molecular weight is 229 g/mol. The summed E-state index contributed by atoms with van der Waals surface area (Å²) in [5.74, 6) is 3.24. The Morgan fingerprint density at radius 1 is 1.14 bits per heavy atom. The maximum absolute atomic E-state index is 8.68. The summed E-state index contributed by atoms with van der Waals surface area (Å²) in [5, 5.41) is 19.0. The predicted octanol–water partition coefficient (Wildman–Crippen LogP) is 3.51. The van der Waals surface area contributed by atoms with Crippen molar-refractivity contribution in [2.24, 2.45) is 0 Å². The number of aliphatic hydroxyl groups excluding tert-OH is 2. The average Bonchev–Trinajstić information content (AvgIpc) is 2.17. The van der Waals surface area contributed by atoms with E-state index in [2.05, 4.69) is 0 Å². The highest BCUT2D eigenvalue weighted by Gasteiger charge is 2.03. The van der Waals surface area contributed by atoms with Gasteiger partial charge in [-0.15, -0.1) is 0 Å². The fourth-order valence-corrected chi connectivity index (χ4v) is 2.55. The quantitative estimate of drug-likeness (QED) is 0.614. The highest BCUT2D eigenvalue weighted by Crippen LogP contribution is 2.37. The molecule has 0 bridgehead atoms. The van der Waals surface area contributed by atoms with E-state index in [0.717, 1.165) is 17.8 Å². The minimum atomic E-state index is -0.818. The lowest BCUT2D eigenvalue weighted by Crippen LogP contribution is -1.96. The summed E-state index contributed by atoms with van der Waals surface area (Å²) in [4.78, 5) is 0. The highest BCUT2D eigenvalue weighted by atomic mass is 35.5. The van der Waals surface area contributed by atoms with Gasteiger partial charge in [0.15, 0.2) is 0 Å². The standard InChI is InChI=1S/C10H10ClO2P/c11-9-2-1-3-10(8-9)14(6-4-12)7-5-13/h1-8,12-13H/b6-4+,7-5+. The molecule has 0 amide bonds. The summed E-state index contributed by atoms with van der Waals surface area (Å²) in [6, 6.07) is 7.33. The number of benzene rings is 1. The van der Waals surface area contributed by atoms with Crippen LogP contribution in [-0.2, 0) is 0 Å². The molecule has 2 nitrogen and oxygen atoms in total. The van der Waals surface area contributed by atoms with E-state index >= 15 is 0 Å². The van der Waals surface area contributed by atoms with Crippen LogP contribution in [0.5, 0.6) is 0 Å². The molecule has 4 heteroatoms. The Bertz CT molecular complexity index is 338. The van der Waals surface area contributed by atoms with Gasteiger partial charge < -0.3 is 10.2 Å². The number of hydrogen-bond donors (Lipinski definition) is 2. The summed E-state index contributed by atoms with van der Waals surface area (Å²) < 4.78 is 0. The van der Waals surface area contributed by atoms with Gasteiger partial charge in [-0.2, -0.15) is 0 Å². The van der Waals surface area contributed by atoms with E-state index in [1.54, 1.807) is 17.7 Å². The van der Waals surface area contributed by atoms with E-state index in [9.17, 15) is 0 Å². The second-order valence-corrected chi connectivity index (χ2v) is 4.85. The first-order valence-electron chi connectivity index (χ1n) is 3.93. The second-order valence-electron chi connectivity index (χ2n) is 2.48. The smallest absolute Gasteiger partial charge is 0.0802 e. The topological polar surface area (TPSA) is 40.5 Å². The van der Waals surface area contributed by atoms with Crippen LogP contribution in [0.15, 0.2) is 48.4 Å². The van der Waals surface area contributed by atoms with Gasteiger partial charge >= 0.3 is 0 Å². The molecule has 0 atom stereocenters. The van der Waals surface area contributed by atoms with Gasteiger partial charge in [0.25, 0.3) is 0 Å². The van der Waals surface area contributed by atoms with Gasteiger partial charge in [0, 0.05) is 5.02 Å². The van der Waals surface area contributed by atoms with Crippen molar-refractivity contribution in [3.05, 3.63) is 53.4 Å². The van der Waals surface area contributed by atoms with Crippen molar-refractivity contribution in [3.8, 4) is 0 Å². The number of rotatable bonds is 3. The molecule has 74 valence electrons. The Morgan fingerprint density at radius 3 is 2.29 bits per heavy atom. The van der Waals surface area contributed by atoms with Crippen molar-refractivity contribution >= 4 is 24.8 Å². The zero-order valence-corrected chi connectivity index (χ0v) is 8.99. The molecule has 0 heterocycles. The molecule has 2 N–H and O–H groups in total. The lowest BCUT2D eigenvalue weighted by Gasteiger charge is -2.07. The van der Waals surface area contributed by atoms with E-state index in [0.29, 0.717) is 5.02 Å². The fourth-order valence-electron chi connectivity index (χ4n) is 1.00. The molecule has 0 fully saturated rings. The lowest BCUT2D eigenvalue weighted by atomic mass is 10.4. The molecule has 0 spiro atoms. The largest absolute Gasteiger partial charge is 0.516 e. The number of aliphatic hydroxyl groups is 2. The summed E-state index contributed by atoms with van der Waals surface area (Å²) in [6.07, 6.45) is 1.96. The molecule has 0 unspecified atom stereocenters. The first-order valence-corrected chi connectivity index (χ1v) is 5.79. The van der Waals surface area contributed by atoms with Gasteiger partial charge in [0.2, 0.25) is 0 Å². The van der Waals surface area contributed by atoms with Crippen molar-refractivity contribution in [1.82, 2.24) is 0 Å². The molecule has 14 heavy (non-hydrogen) atoms. The van der Waals surface area contributed by atoms with Crippen LogP contribution in [0.2, 0.25) is 5.02 Å². The van der Waals surface area contributed by atoms with E-state index in [1.807, 2.05) is 18.2 Å². The molecule has 0 saturated heterocycles. The van der Waals surface area contributed by atoms with Gasteiger partial charge in [-0.05, 0) is 37.0 Å². The zero-order valence-electron chi connectivity index (χ0n) is 7.34. The maximum Gasteiger partial charge on any atom is 0.0802 e. The third-order valence-corrected chi connectivity index (χ3v) is 3.58. The van der Waals surface area contributed by atoms with Crippen LogP contribution in [0.1, 0.15) is 0 Å². The molecule has 1 aromatic carbocycles. The second kappa shape index (κ2) is 5.69. The van der Waals surface area contributed by atoms with Crippen LogP contribution < -0.4 is 5.30 Å². The third kappa shape index (κ3) is 3.06. The van der Waals surface area contributed by atoms with E-state index in [-0.39, 0.29) is 0 Å². The Hall–Kier alpha value is -0.980. The van der Waals surface area contributed by atoms with Crippen molar-refractivity contribution < 1.29 is 10.2 Å².